The highest BCUT2D eigenvalue weighted by Crippen LogP contribution is 2.32. The van der Waals surface area contributed by atoms with Gasteiger partial charge < -0.3 is 5.73 Å². The van der Waals surface area contributed by atoms with Gasteiger partial charge in [-0.05, 0) is 36.8 Å². The third-order valence-electron chi connectivity index (χ3n) is 4.54. The van der Waals surface area contributed by atoms with Crippen LogP contribution in [0.15, 0.2) is 24.3 Å². The molecule has 0 spiro atoms. The summed E-state index contributed by atoms with van der Waals surface area (Å²) in [4.78, 5) is 2.69. The minimum atomic E-state index is 0.377. The van der Waals surface area contributed by atoms with Crippen molar-refractivity contribution in [3.8, 4) is 0 Å². The average molecular weight is 274 g/mol. The normalized spacial score (nSPS) is 18.1. The van der Waals surface area contributed by atoms with Crippen molar-refractivity contribution >= 4 is 0 Å². The fourth-order valence-electron chi connectivity index (χ4n) is 3.59. The van der Waals surface area contributed by atoms with Gasteiger partial charge in [0.2, 0.25) is 0 Å². The monoisotopic (exact) mass is 274 g/mol. The van der Waals surface area contributed by atoms with E-state index in [2.05, 4.69) is 49.9 Å². The summed E-state index contributed by atoms with van der Waals surface area (Å²) >= 11 is 0. The molecule has 0 saturated heterocycles. The molecule has 2 N–H and O–H groups in total. The summed E-state index contributed by atoms with van der Waals surface area (Å²) in [6.45, 7) is 8.70. The van der Waals surface area contributed by atoms with Crippen LogP contribution in [0.25, 0.3) is 0 Å². The van der Waals surface area contributed by atoms with Crippen LogP contribution in [0.5, 0.6) is 0 Å². The molecule has 0 aromatic heterocycles. The van der Waals surface area contributed by atoms with Crippen molar-refractivity contribution in [2.75, 3.05) is 13.1 Å². The van der Waals surface area contributed by atoms with Crippen molar-refractivity contribution in [3.05, 3.63) is 35.4 Å². The second-order valence-corrected chi connectivity index (χ2v) is 6.64. The van der Waals surface area contributed by atoms with Crippen molar-refractivity contribution in [1.82, 2.24) is 4.90 Å². The van der Waals surface area contributed by atoms with Crippen LogP contribution in [0, 0.1) is 12.8 Å². The van der Waals surface area contributed by atoms with Crippen LogP contribution in [0.1, 0.15) is 56.7 Å². The first-order valence-electron chi connectivity index (χ1n) is 8.14. The molecule has 2 nitrogen and oxygen atoms in total. The summed E-state index contributed by atoms with van der Waals surface area (Å²) in [5.41, 5.74) is 8.97. The Labute approximate surface area is 124 Å². The maximum Gasteiger partial charge on any atom is 0.0476 e. The Hall–Kier alpha value is -0.860. The minimum absolute atomic E-state index is 0.377. The largest absolute Gasteiger partial charge is 0.329 e. The topological polar surface area (TPSA) is 29.3 Å². The molecule has 2 heteroatoms. The predicted molar refractivity (Wildman–Crippen MR) is 86.8 cm³/mol. The van der Waals surface area contributed by atoms with E-state index in [1.54, 1.807) is 0 Å². The summed E-state index contributed by atoms with van der Waals surface area (Å²) in [6.07, 6.45) is 5.44. The van der Waals surface area contributed by atoms with E-state index in [0.717, 1.165) is 12.6 Å². The first-order chi connectivity index (χ1) is 9.63. The van der Waals surface area contributed by atoms with Crippen molar-refractivity contribution < 1.29 is 0 Å². The predicted octanol–water partition coefficient (Wildman–Crippen LogP) is 3.90. The molecule has 1 fully saturated rings. The highest BCUT2D eigenvalue weighted by molar-refractivity contribution is 5.29. The molecule has 2 rings (SSSR count). The van der Waals surface area contributed by atoms with Crippen LogP contribution in [-0.4, -0.2) is 24.0 Å². The van der Waals surface area contributed by atoms with Crippen LogP contribution in [0.4, 0.5) is 0 Å². The SMILES string of the molecule is Cc1ccccc1C(CN)N(CC(C)C)C1CCCC1. The fourth-order valence-corrected chi connectivity index (χ4v) is 3.59. The molecule has 1 aliphatic rings. The van der Waals surface area contributed by atoms with E-state index < -0.39 is 0 Å². The highest BCUT2D eigenvalue weighted by Gasteiger charge is 2.29. The lowest BCUT2D eigenvalue weighted by Crippen LogP contribution is -2.42. The second-order valence-electron chi connectivity index (χ2n) is 6.64. The van der Waals surface area contributed by atoms with Crippen molar-refractivity contribution in [3.63, 3.8) is 0 Å². The van der Waals surface area contributed by atoms with E-state index >= 15 is 0 Å². The average Bonchev–Trinajstić information content (AvgIpc) is 2.94. The Morgan fingerprint density at radius 2 is 1.85 bits per heavy atom. The lowest BCUT2D eigenvalue weighted by molar-refractivity contribution is 0.121. The lowest BCUT2D eigenvalue weighted by atomic mass is 9.97. The number of nitrogens with two attached hydrogens (primary N) is 1. The van der Waals surface area contributed by atoms with Crippen LogP contribution in [0.2, 0.25) is 0 Å². The van der Waals surface area contributed by atoms with E-state index in [1.807, 2.05) is 0 Å². The van der Waals surface area contributed by atoms with E-state index in [-0.39, 0.29) is 0 Å². The lowest BCUT2D eigenvalue weighted by Gasteiger charge is -2.38. The molecule has 1 aliphatic carbocycles. The third-order valence-corrected chi connectivity index (χ3v) is 4.54. The maximum absolute atomic E-state index is 6.18. The van der Waals surface area contributed by atoms with Gasteiger partial charge in [-0.2, -0.15) is 0 Å². The summed E-state index contributed by atoms with van der Waals surface area (Å²) in [6, 6.07) is 9.84. The van der Waals surface area contributed by atoms with Gasteiger partial charge in [0.1, 0.15) is 0 Å². The zero-order valence-corrected chi connectivity index (χ0v) is 13.3. The first-order valence-corrected chi connectivity index (χ1v) is 8.14. The number of hydrogen-bond acceptors (Lipinski definition) is 2. The Morgan fingerprint density at radius 1 is 1.20 bits per heavy atom. The van der Waals surface area contributed by atoms with Gasteiger partial charge in [-0.1, -0.05) is 51.0 Å². The van der Waals surface area contributed by atoms with Crippen molar-refractivity contribution in [1.29, 1.82) is 0 Å². The Balaban J connectivity index is 2.26. The van der Waals surface area contributed by atoms with E-state index in [0.29, 0.717) is 18.5 Å². The van der Waals surface area contributed by atoms with Gasteiger partial charge in [-0.25, -0.2) is 0 Å². The van der Waals surface area contributed by atoms with Gasteiger partial charge in [0, 0.05) is 25.2 Å². The van der Waals surface area contributed by atoms with Gasteiger partial charge in [-0.15, -0.1) is 0 Å². The molecule has 20 heavy (non-hydrogen) atoms. The van der Waals surface area contributed by atoms with E-state index in [1.165, 1.54) is 36.8 Å². The molecular weight excluding hydrogens is 244 g/mol. The fraction of sp³-hybridized carbons (Fsp3) is 0.667. The maximum atomic E-state index is 6.18. The summed E-state index contributed by atoms with van der Waals surface area (Å²) < 4.78 is 0. The van der Waals surface area contributed by atoms with Gasteiger partial charge in [0.05, 0.1) is 0 Å². The Bertz CT molecular complexity index is 408. The quantitative estimate of drug-likeness (QED) is 0.852. The number of hydrogen-bond donors (Lipinski definition) is 1. The zero-order valence-electron chi connectivity index (χ0n) is 13.3. The molecule has 1 unspecified atom stereocenters. The molecule has 0 bridgehead atoms. The molecular formula is C18H30N2. The zero-order chi connectivity index (χ0) is 14.5. The molecule has 1 aromatic carbocycles. The summed E-state index contributed by atoms with van der Waals surface area (Å²) in [7, 11) is 0. The Kier molecular flexibility index (Phi) is 5.62. The molecule has 0 radical (unpaired) electrons. The van der Waals surface area contributed by atoms with Crippen LogP contribution in [-0.2, 0) is 0 Å². The van der Waals surface area contributed by atoms with Gasteiger partial charge in [0.15, 0.2) is 0 Å². The van der Waals surface area contributed by atoms with Crippen molar-refractivity contribution in [2.45, 2.75) is 58.5 Å². The summed E-state index contributed by atoms with van der Waals surface area (Å²) in [5, 5.41) is 0. The number of nitrogens with zero attached hydrogens (tertiary/aromatic N) is 1. The van der Waals surface area contributed by atoms with Gasteiger partial charge in [-0.3, -0.25) is 4.90 Å². The number of aryl methyl sites for hydroxylation is 1. The van der Waals surface area contributed by atoms with Gasteiger partial charge in [0.25, 0.3) is 0 Å². The van der Waals surface area contributed by atoms with Crippen LogP contribution >= 0.6 is 0 Å². The second kappa shape index (κ2) is 7.24. The molecule has 0 heterocycles. The Morgan fingerprint density at radius 3 is 2.40 bits per heavy atom. The number of rotatable bonds is 6. The van der Waals surface area contributed by atoms with Gasteiger partial charge >= 0.3 is 0 Å². The molecule has 112 valence electrons. The standard InChI is InChI=1S/C18H30N2/c1-14(2)13-20(16-9-5-6-10-16)18(12-19)17-11-7-4-8-15(17)3/h4,7-8,11,14,16,18H,5-6,9-10,12-13,19H2,1-3H3. The first kappa shape index (κ1) is 15.5. The smallest absolute Gasteiger partial charge is 0.0476 e. The minimum Gasteiger partial charge on any atom is -0.329 e. The molecule has 1 aromatic rings. The number of benzene rings is 1. The van der Waals surface area contributed by atoms with Crippen LogP contribution < -0.4 is 5.73 Å². The molecule has 0 aliphatic heterocycles. The van der Waals surface area contributed by atoms with E-state index in [4.69, 9.17) is 5.73 Å². The van der Waals surface area contributed by atoms with Crippen LogP contribution in [0.3, 0.4) is 0 Å². The van der Waals surface area contributed by atoms with Crippen molar-refractivity contribution in [2.24, 2.45) is 11.7 Å². The molecule has 0 amide bonds. The molecule has 1 saturated carbocycles. The molecule has 1 atom stereocenters. The van der Waals surface area contributed by atoms with E-state index in [9.17, 15) is 0 Å². The third kappa shape index (κ3) is 3.62. The highest BCUT2D eigenvalue weighted by atomic mass is 15.2. The summed E-state index contributed by atoms with van der Waals surface area (Å²) in [5.74, 6) is 0.689.